The number of ether oxygens (including phenoxy) is 2. The van der Waals surface area contributed by atoms with E-state index in [2.05, 4.69) is 20.8 Å². The molecule has 0 bridgehead atoms. The third-order valence-electron chi connectivity index (χ3n) is 4.60. The molecule has 0 radical (unpaired) electrons. The predicted octanol–water partition coefficient (Wildman–Crippen LogP) is 4.06. The van der Waals surface area contributed by atoms with Gasteiger partial charge in [0.2, 0.25) is 0 Å². The zero-order valence-electron chi connectivity index (χ0n) is 13.1. The average molecular weight is 277 g/mol. The van der Waals surface area contributed by atoms with Crippen LogP contribution in [0.25, 0.3) is 0 Å². The lowest BCUT2D eigenvalue weighted by molar-refractivity contribution is 0.0103. The van der Waals surface area contributed by atoms with E-state index < -0.39 is 0 Å². The minimum Gasteiger partial charge on any atom is -0.497 e. The molecule has 2 N–H and O–H groups in total. The van der Waals surface area contributed by atoms with Gasteiger partial charge in [-0.15, -0.1) is 0 Å². The summed E-state index contributed by atoms with van der Waals surface area (Å²) < 4.78 is 11.7. The predicted molar refractivity (Wildman–Crippen MR) is 82.3 cm³/mol. The summed E-state index contributed by atoms with van der Waals surface area (Å²) in [5.74, 6) is 2.42. The van der Waals surface area contributed by atoms with Gasteiger partial charge in [0, 0.05) is 18.0 Å². The average Bonchev–Trinajstić information content (AvgIpc) is 2.46. The van der Waals surface area contributed by atoms with Gasteiger partial charge in [-0.2, -0.15) is 0 Å². The first kappa shape index (κ1) is 15.2. The number of nitrogens with two attached hydrogens (primary N) is 1. The van der Waals surface area contributed by atoms with Crippen molar-refractivity contribution in [1.29, 1.82) is 0 Å². The lowest BCUT2D eigenvalue weighted by Gasteiger charge is -2.42. The third kappa shape index (κ3) is 2.93. The highest BCUT2D eigenvalue weighted by molar-refractivity contribution is 5.44. The van der Waals surface area contributed by atoms with Gasteiger partial charge in [0.15, 0.2) is 0 Å². The first-order chi connectivity index (χ1) is 9.53. The molecule has 1 aliphatic rings. The standard InChI is InChI=1S/C17H27NO2/c1-5-12(3)10-17(6-2)11-15(18)14-9-13(19-4)7-8-16(14)20-17/h7-9,12,15H,5-6,10-11,18H2,1-4H3/t12?,15-,17?/m1/s1. The second-order valence-corrected chi connectivity index (χ2v) is 6.07. The number of fused-ring (bicyclic) bond motifs is 1. The minimum absolute atomic E-state index is 0.0258. The van der Waals surface area contributed by atoms with Crippen LogP contribution in [0.5, 0.6) is 11.5 Å². The van der Waals surface area contributed by atoms with Crippen LogP contribution in [-0.2, 0) is 0 Å². The second kappa shape index (κ2) is 6.04. The Labute approximate surface area is 122 Å². The molecule has 0 saturated carbocycles. The van der Waals surface area contributed by atoms with Crippen LogP contribution in [0.1, 0.15) is 58.1 Å². The van der Waals surface area contributed by atoms with Crippen LogP contribution < -0.4 is 15.2 Å². The highest BCUT2D eigenvalue weighted by Crippen LogP contribution is 2.44. The van der Waals surface area contributed by atoms with Crippen LogP contribution in [0.15, 0.2) is 18.2 Å². The van der Waals surface area contributed by atoms with Crippen molar-refractivity contribution < 1.29 is 9.47 Å². The number of hydrogen-bond donors (Lipinski definition) is 1. The summed E-state index contributed by atoms with van der Waals surface area (Å²) in [5.41, 5.74) is 7.36. The Morgan fingerprint density at radius 2 is 2.20 bits per heavy atom. The van der Waals surface area contributed by atoms with Gasteiger partial charge < -0.3 is 15.2 Å². The van der Waals surface area contributed by atoms with Crippen molar-refractivity contribution in [2.24, 2.45) is 11.7 Å². The second-order valence-electron chi connectivity index (χ2n) is 6.07. The summed E-state index contributed by atoms with van der Waals surface area (Å²) in [6.07, 6.45) is 4.12. The Morgan fingerprint density at radius 3 is 2.80 bits per heavy atom. The van der Waals surface area contributed by atoms with E-state index in [1.54, 1.807) is 7.11 Å². The Morgan fingerprint density at radius 1 is 1.45 bits per heavy atom. The highest BCUT2D eigenvalue weighted by atomic mass is 16.5. The van der Waals surface area contributed by atoms with Gasteiger partial charge in [0.05, 0.1) is 7.11 Å². The maximum atomic E-state index is 6.40. The molecule has 0 aromatic heterocycles. The summed E-state index contributed by atoms with van der Waals surface area (Å²) in [5, 5.41) is 0. The topological polar surface area (TPSA) is 44.5 Å². The van der Waals surface area contributed by atoms with Crippen LogP contribution in [0, 0.1) is 5.92 Å². The molecule has 1 heterocycles. The van der Waals surface area contributed by atoms with Gasteiger partial charge in [0.1, 0.15) is 17.1 Å². The zero-order chi connectivity index (χ0) is 14.8. The smallest absolute Gasteiger partial charge is 0.125 e. The van der Waals surface area contributed by atoms with Crippen molar-refractivity contribution in [3.8, 4) is 11.5 Å². The van der Waals surface area contributed by atoms with E-state index in [0.29, 0.717) is 5.92 Å². The molecule has 1 aromatic carbocycles. The van der Waals surface area contributed by atoms with Gasteiger partial charge in [-0.3, -0.25) is 0 Å². The Hall–Kier alpha value is -1.22. The molecule has 2 unspecified atom stereocenters. The molecule has 0 saturated heterocycles. The number of hydrogen-bond acceptors (Lipinski definition) is 3. The highest BCUT2D eigenvalue weighted by Gasteiger charge is 2.39. The minimum atomic E-state index is -0.115. The van der Waals surface area contributed by atoms with Crippen LogP contribution >= 0.6 is 0 Å². The van der Waals surface area contributed by atoms with E-state index in [-0.39, 0.29) is 11.6 Å². The van der Waals surface area contributed by atoms with E-state index >= 15 is 0 Å². The lowest BCUT2D eigenvalue weighted by Crippen LogP contribution is -2.43. The number of rotatable bonds is 5. The molecule has 2 rings (SSSR count). The molecule has 3 nitrogen and oxygen atoms in total. The molecule has 3 atom stereocenters. The normalized spacial score (nSPS) is 26.6. The van der Waals surface area contributed by atoms with Crippen LogP contribution in [0.2, 0.25) is 0 Å². The molecule has 3 heteroatoms. The van der Waals surface area contributed by atoms with E-state index in [1.165, 1.54) is 6.42 Å². The van der Waals surface area contributed by atoms with E-state index in [1.807, 2.05) is 18.2 Å². The maximum Gasteiger partial charge on any atom is 0.125 e. The van der Waals surface area contributed by atoms with E-state index in [9.17, 15) is 0 Å². The molecule has 0 aliphatic carbocycles. The molecule has 1 aliphatic heterocycles. The molecule has 20 heavy (non-hydrogen) atoms. The Kier molecular flexibility index (Phi) is 4.59. The van der Waals surface area contributed by atoms with Gasteiger partial charge in [0.25, 0.3) is 0 Å². The fourth-order valence-electron chi connectivity index (χ4n) is 3.09. The molecular formula is C17H27NO2. The van der Waals surface area contributed by atoms with Crippen molar-refractivity contribution in [1.82, 2.24) is 0 Å². The number of benzene rings is 1. The molecule has 0 fully saturated rings. The molecule has 0 amide bonds. The Bertz CT molecular complexity index is 460. The lowest BCUT2D eigenvalue weighted by atomic mass is 9.79. The largest absolute Gasteiger partial charge is 0.497 e. The summed E-state index contributed by atoms with van der Waals surface area (Å²) in [6.45, 7) is 6.72. The summed E-state index contributed by atoms with van der Waals surface area (Å²) in [7, 11) is 1.68. The maximum absolute atomic E-state index is 6.40. The summed E-state index contributed by atoms with van der Waals surface area (Å²) in [4.78, 5) is 0. The number of methoxy groups -OCH3 is 1. The van der Waals surface area contributed by atoms with E-state index in [4.69, 9.17) is 15.2 Å². The van der Waals surface area contributed by atoms with Crippen molar-refractivity contribution >= 4 is 0 Å². The molecule has 112 valence electrons. The van der Waals surface area contributed by atoms with E-state index in [0.717, 1.165) is 36.3 Å². The van der Waals surface area contributed by atoms with Crippen LogP contribution in [-0.4, -0.2) is 12.7 Å². The van der Waals surface area contributed by atoms with Gasteiger partial charge in [-0.25, -0.2) is 0 Å². The van der Waals surface area contributed by atoms with Crippen molar-refractivity contribution in [3.05, 3.63) is 23.8 Å². The summed E-state index contributed by atoms with van der Waals surface area (Å²) >= 11 is 0. The molecule has 0 spiro atoms. The molecular weight excluding hydrogens is 250 g/mol. The van der Waals surface area contributed by atoms with Crippen molar-refractivity contribution in [2.75, 3.05) is 7.11 Å². The van der Waals surface area contributed by atoms with Gasteiger partial charge >= 0.3 is 0 Å². The quantitative estimate of drug-likeness (QED) is 0.882. The van der Waals surface area contributed by atoms with Crippen molar-refractivity contribution in [3.63, 3.8) is 0 Å². The first-order valence-electron chi connectivity index (χ1n) is 7.66. The van der Waals surface area contributed by atoms with Crippen molar-refractivity contribution in [2.45, 2.75) is 58.1 Å². The fourth-order valence-corrected chi connectivity index (χ4v) is 3.09. The third-order valence-corrected chi connectivity index (χ3v) is 4.60. The Balaban J connectivity index is 2.29. The molecule has 1 aromatic rings. The van der Waals surface area contributed by atoms with Gasteiger partial charge in [-0.1, -0.05) is 27.2 Å². The fraction of sp³-hybridized carbons (Fsp3) is 0.647. The zero-order valence-corrected chi connectivity index (χ0v) is 13.1. The SMILES string of the molecule is CCC(C)CC1(CC)C[C@@H](N)c2cc(OC)ccc2O1. The summed E-state index contributed by atoms with van der Waals surface area (Å²) in [6, 6.07) is 5.97. The van der Waals surface area contributed by atoms with Crippen LogP contribution in [0.3, 0.4) is 0 Å². The van der Waals surface area contributed by atoms with Crippen LogP contribution in [0.4, 0.5) is 0 Å². The van der Waals surface area contributed by atoms with Gasteiger partial charge in [-0.05, 0) is 37.0 Å². The first-order valence-corrected chi connectivity index (χ1v) is 7.66. The monoisotopic (exact) mass is 277 g/mol.